The fourth-order valence-electron chi connectivity index (χ4n) is 2.26. The van der Waals surface area contributed by atoms with E-state index in [1.807, 2.05) is 27.0 Å². The molecule has 1 heterocycles. The maximum absolute atomic E-state index is 13.3. The summed E-state index contributed by atoms with van der Waals surface area (Å²) in [5.41, 5.74) is 3.25. The number of benzene rings is 1. The van der Waals surface area contributed by atoms with Gasteiger partial charge in [0.15, 0.2) is 0 Å². The van der Waals surface area contributed by atoms with Gasteiger partial charge in [0.25, 0.3) is 0 Å². The van der Waals surface area contributed by atoms with Gasteiger partial charge in [0.05, 0.1) is 6.61 Å². The third kappa shape index (κ3) is 3.83. The van der Waals surface area contributed by atoms with Gasteiger partial charge in [-0.25, -0.2) is 14.4 Å². The van der Waals surface area contributed by atoms with E-state index in [1.165, 1.54) is 6.07 Å². The third-order valence-electron chi connectivity index (χ3n) is 3.50. The highest BCUT2D eigenvalue weighted by atomic mass is 19.1. The second-order valence-corrected chi connectivity index (χ2v) is 5.14. The summed E-state index contributed by atoms with van der Waals surface area (Å²) in [5.74, 6) is 0.381. The summed E-state index contributed by atoms with van der Waals surface area (Å²) >= 11 is 0. The van der Waals surface area contributed by atoms with Gasteiger partial charge in [0.2, 0.25) is 0 Å². The fourth-order valence-corrected chi connectivity index (χ4v) is 2.26. The molecule has 2 N–H and O–H groups in total. The maximum Gasteiger partial charge on any atom is 0.128 e. The van der Waals surface area contributed by atoms with Crippen LogP contribution in [0.3, 0.4) is 0 Å². The van der Waals surface area contributed by atoms with Gasteiger partial charge in [0.1, 0.15) is 11.6 Å². The van der Waals surface area contributed by atoms with Crippen LogP contribution < -0.4 is 5.32 Å². The van der Waals surface area contributed by atoms with Gasteiger partial charge in [-0.15, -0.1) is 0 Å². The topological polar surface area (TPSA) is 58.0 Å². The highest BCUT2D eigenvalue weighted by Crippen LogP contribution is 2.16. The van der Waals surface area contributed by atoms with Crippen molar-refractivity contribution >= 4 is 0 Å². The third-order valence-corrected chi connectivity index (χ3v) is 3.50. The molecule has 0 saturated carbocycles. The van der Waals surface area contributed by atoms with Gasteiger partial charge < -0.3 is 10.4 Å². The molecule has 0 aliphatic carbocycles. The van der Waals surface area contributed by atoms with Crippen LogP contribution >= 0.6 is 0 Å². The predicted molar refractivity (Wildman–Crippen MR) is 79.1 cm³/mol. The maximum atomic E-state index is 13.3. The lowest BCUT2D eigenvalue weighted by atomic mass is 10.1. The molecule has 4 nitrogen and oxygen atoms in total. The molecular weight excluding hydrogens is 269 g/mol. The summed E-state index contributed by atoms with van der Waals surface area (Å²) < 4.78 is 13.3. The first-order chi connectivity index (χ1) is 10.0. The van der Waals surface area contributed by atoms with Crippen LogP contribution in [0.1, 0.15) is 41.2 Å². The van der Waals surface area contributed by atoms with Crippen molar-refractivity contribution < 1.29 is 9.50 Å². The Labute approximate surface area is 124 Å². The molecule has 2 rings (SSSR count). The first kappa shape index (κ1) is 15.5. The van der Waals surface area contributed by atoms with Gasteiger partial charge in [-0.1, -0.05) is 6.07 Å². The molecule has 0 saturated heterocycles. The Hall–Kier alpha value is -1.85. The fraction of sp³-hybridized carbons (Fsp3) is 0.375. The zero-order valence-corrected chi connectivity index (χ0v) is 12.5. The van der Waals surface area contributed by atoms with Gasteiger partial charge >= 0.3 is 0 Å². The van der Waals surface area contributed by atoms with Crippen LogP contribution in [0.2, 0.25) is 0 Å². The number of rotatable bonds is 5. The number of aliphatic hydroxyl groups is 1. The van der Waals surface area contributed by atoms with E-state index in [9.17, 15) is 4.39 Å². The van der Waals surface area contributed by atoms with E-state index in [1.54, 1.807) is 12.1 Å². The highest BCUT2D eigenvalue weighted by Gasteiger charge is 2.10. The molecule has 1 atom stereocenters. The molecule has 0 radical (unpaired) electrons. The highest BCUT2D eigenvalue weighted by molar-refractivity contribution is 5.25. The molecule has 1 aromatic carbocycles. The van der Waals surface area contributed by atoms with Crippen molar-refractivity contribution in [2.45, 2.75) is 40.0 Å². The summed E-state index contributed by atoms with van der Waals surface area (Å²) in [7, 11) is 0. The number of aryl methyl sites for hydroxylation is 2. The number of halogens is 1. The van der Waals surface area contributed by atoms with Crippen molar-refractivity contribution in [3.63, 3.8) is 0 Å². The van der Waals surface area contributed by atoms with Crippen LogP contribution in [0.4, 0.5) is 4.39 Å². The summed E-state index contributed by atoms with van der Waals surface area (Å²) in [6.07, 6.45) is 1.83. The molecule has 112 valence electrons. The first-order valence-electron chi connectivity index (χ1n) is 6.93. The Morgan fingerprint density at radius 3 is 2.76 bits per heavy atom. The standard InChI is InChI=1S/C16H20FN3O/c1-10(15-8-19-12(3)20-11(15)2)18-7-13-4-5-16(17)14(6-13)9-21/h4-6,8,10,18,21H,7,9H2,1-3H3. The number of nitrogens with one attached hydrogen (secondary N) is 1. The molecule has 21 heavy (non-hydrogen) atoms. The van der Waals surface area contributed by atoms with E-state index in [0.717, 1.165) is 22.6 Å². The number of aliphatic hydroxyl groups excluding tert-OH is 1. The first-order valence-corrected chi connectivity index (χ1v) is 6.93. The lowest BCUT2D eigenvalue weighted by molar-refractivity contribution is 0.275. The molecule has 1 aromatic heterocycles. The van der Waals surface area contributed by atoms with Crippen LogP contribution in [0, 0.1) is 19.7 Å². The smallest absolute Gasteiger partial charge is 0.128 e. The lowest BCUT2D eigenvalue weighted by Gasteiger charge is -2.16. The van der Waals surface area contributed by atoms with Crippen LogP contribution in [0.25, 0.3) is 0 Å². The lowest BCUT2D eigenvalue weighted by Crippen LogP contribution is -2.20. The van der Waals surface area contributed by atoms with Crippen molar-refractivity contribution in [3.05, 3.63) is 58.4 Å². The minimum atomic E-state index is -0.378. The van der Waals surface area contributed by atoms with E-state index in [4.69, 9.17) is 5.11 Å². The minimum Gasteiger partial charge on any atom is -0.392 e. The zero-order valence-electron chi connectivity index (χ0n) is 12.5. The zero-order chi connectivity index (χ0) is 15.4. The SMILES string of the molecule is Cc1ncc(C(C)NCc2ccc(F)c(CO)c2)c(C)n1. The second kappa shape index (κ2) is 6.74. The van der Waals surface area contributed by atoms with Crippen LogP contribution in [0.15, 0.2) is 24.4 Å². The molecule has 5 heteroatoms. The van der Waals surface area contributed by atoms with E-state index in [2.05, 4.69) is 15.3 Å². The summed E-state index contributed by atoms with van der Waals surface area (Å²) in [5, 5.41) is 12.4. The Morgan fingerprint density at radius 2 is 2.10 bits per heavy atom. The quantitative estimate of drug-likeness (QED) is 0.888. The Balaban J connectivity index is 2.05. The van der Waals surface area contributed by atoms with E-state index in [-0.39, 0.29) is 18.5 Å². The molecule has 2 aromatic rings. The molecule has 0 amide bonds. The summed E-state index contributed by atoms with van der Waals surface area (Å²) in [4.78, 5) is 8.58. The van der Waals surface area contributed by atoms with Crippen LogP contribution in [0.5, 0.6) is 0 Å². The number of hydrogen-bond donors (Lipinski definition) is 2. The largest absolute Gasteiger partial charge is 0.392 e. The summed E-state index contributed by atoms with van der Waals surface area (Å²) in [6.45, 7) is 6.16. The van der Waals surface area contributed by atoms with Crippen molar-refractivity contribution in [2.75, 3.05) is 0 Å². The Bertz CT molecular complexity index is 631. The molecule has 0 aliphatic rings. The normalized spacial score (nSPS) is 12.4. The van der Waals surface area contributed by atoms with Crippen molar-refractivity contribution in [1.29, 1.82) is 0 Å². The van der Waals surface area contributed by atoms with Gasteiger partial charge in [-0.2, -0.15) is 0 Å². The predicted octanol–water partition coefficient (Wildman–Crippen LogP) is 2.58. The van der Waals surface area contributed by atoms with Gasteiger partial charge in [-0.05, 0) is 38.5 Å². The average molecular weight is 289 g/mol. The van der Waals surface area contributed by atoms with E-state index >= 15 is 0 Å². The molecule has 0 fully saturated rings. The Morgan fingerprint density at radius 1 is 1.33 bits per heavy atom. The van der Waals surface area contributed by atoms with Gasteiger partial charge in [-0.3, -0.25) is 0 Å². The average Bonchev–Trinajstić information content (AvgIpc) is 2.46. The second-order valence-electron chi connectivity index (χ2n) is 5.14. The minimum absolute atomic E-state index is 0.0910. The monoisotopic (exact) mass is 289 g/mol. The molecule has 0 aliphatic heterocycles. The van der Waals surface area contributed by atoms with Crippen LogP contribution in [-0.2, 0) is 13.2 Å². The number of nitrogens with zero attached hydrogens (tertiary/aromatic N) is 2. The molecular formula is C16H20FN3O. The Kier molecular flexibility index (Phi) is 4.98. The van der Waals surface area contributed by atoms with Gasteiger partial charge in [0, 0.05) is 35.6 Å². The van der Waals surface area contributed by atoms with Crippen LogP contribution in [-0.4, -0.2) is 15.1 Å². The number of aromatic nitrogens is 2. The van der Waals surface area contributed by atoms with E-state index < -0.39 is 0 Å². The van der Waals surface area contributed by atoms with Crippen molar-refractivity contribution in [1.82, 2.24) is 15.3 Å². The van der Waals surface area contributed by atoms with E-state index in [0.29, 0.717) is 12.1 Å². The van der Waals surface area contributed by atoms with Crippen molar-refractivity contribution in [3.8, 4) is 0 Å². The number of hydrogen-bond acceptors (Lipinski definition) is 4. The molecule has 0 spiro atoms. The molecule has 1 unspecified atom stereocenters. The molecule has 0 bridgehead atoms. The summed E-state index contributed by atoms with van der Waals surface area (Å²) in [6, 6.07) is 4.86. The van der Waals surface area contributed by atoms with Crippen molar-refractivity contribution in [2.24, 2.45) is 0 Å².